The maximum atomic E-state index is 10.9. The molecule has 122 valence electrons. The standard InChI is InChI=1S/C17H19ClN2O3/c1-12-9-15(20(22)23)10-16(18)17(12)19-11-14(7-8-21)13-5-3-2-4-6-13/h2-6,9-10,14,19,21H,7-8,11H2,1H3. The van der Waals surface area contributed by atoms with Crippen LogP contribution in [0.5, 0.6) is 0 Å². The van der Waals surface area contributed by atoms with Crippen LogP contribution in [0.3, 0.4) is 0 Å². The van der Waals surface area contributed by atoms with Crippen LogP contribution in [-0.2, 0) is 0 Å². The Hall–Kier alpha value is -2.11. The van der Waals surface area contributed by atoms with E-state index in [1.165, 1.54) is 12.1 Å². The highest BCUT2D eigenvalue weighted by Gasteiger charge is 2.15. The minimum Gasteiger partial charge on any atom is -0.396 e. The van der Waals surface area contributed by atoms with Crippen LogP contribution in [0, 0.1) is 17.0 Å². The number of anilines is 1. The van der Waals surface area contributed by atoms with Crippen LogP contribution < -0.4 is 5.32 Å². The summed E-state index contributed by atoms with van der Waals surface area (Å²) in [5, 5.41) is 23.7. The van der Waals surface area contributed by atoms with Crippen molar-refractivity contribution in [3.63, 3.8) is 0 Å². The second-order valence-corrected chi connectivity index (χ2v) is 5.78. The SMILES string of the molecule is Cc1cc([N+](=O)[O-])cc(Cl)c1NCC(CCO)c1ccccc1. The number of hydrogen-bond donors (Lipinski definition) is 2. The maximum absolute atomic E-state index is 10.9. The van der Waals surface area contributed by atoms with E-state index in [1.54, 1.807) is 6.92 Å². The van der Waals surface area contributed by atoms with Gasteiger partial charge in [0.25, 0.3) is 5.69 Å². The molecule has 2 aromatic rings. The number of halogens is 1. The smallest absolute Gasteiger partial charge is 0.271 e. The zero-order valence-corrected chi connectivity index (χ0v) is 13.6. The Labute approximate surface area is 140 Å². The van der Waals surface area contributed by atoms with Crippen molar-refractivity contribution >= 4 is 23.0 Å². The summed E-state index contributed by atoms with van der Waals surface area (Å²) in [7, 11) is 0. The van der Waals surface area contributed by atoms with Crippen molar-refractivity contribution < 1.29 is 10.0 Å². The third-order valence-electron chi connectivity index (χ3n) is 3.76. The van der Waals surface area contributed by atoms with Gasteiger partial charge in [-0.1, -0.05) is 41.9 Å². The van der Waals surface area contributed by atoms with Crippen LogP contribution >= 0.6 is 11.6 Å². The van der Waals surface area contributed by atoms with Gasteiger partial charge in [-0.15, -0.1) is 0 Å². The molecule has 1 unspecified atom stereocenters. The van der Waals surface area contributed by atoms with E-state index < -0.39 is 4.92 Å². The van der Waals surface area contributed by atoms with Crippen LogP contribution in [0.25, 0.3) is 0 Å². The molecule has 0 amide bonds. The van der Waals surface area contributed by atoms with Crippen molar-refractivity contribution in [1.29, 1.82) is 0 Å². The fourth-order valence-corrected chi connectivity index (χ4v) is 2.88. The molecule has 2 aromatic carbocycles. The van der Waals surface area contributed by atoms with Gasteiger partial charge in [0.2, 0.25) is 0 Å². The predicted octanol–water partition coefficient (Wildman–Crippen LogP) is 4.13. The summed E-state index contributed by atoms with van der Waals surface area (Å²) in [6.45, 7) is 2.46. The first kappa shape index (κ1) is 17.2. The van der Waals surface area contributed by atoms with Gasteiger partial charge >= 0.3 is 0 Å². The largest absolute Gasteiger partial charge is 0.396 e. The number of non-ortho nitro benzene ring substituents is 1. The lowest BCUT2D eigenvalue weighted by Crippen LogP contribution is -2.15. The molecule has 0 spiro atoms. The van der Waals surface area contributed by atoms with E-state index in [2.05, 4.69) is 5.32 Å². The summed E-state index contributed by atoms with van der Waals surface area (Å²) in [6.07, 6.45) is 0.626. The van der Waals surface area contributed by atoms with Gasteiger partial charge in [0, 0.05) is 31.2 Å². The Morgan fingerprint density at radius 3 is 2.57 bits per heavy atom. The molecule has 2 rings (SSSR count). The highest BCUT2D eigenvalue weighted by Crippen LogP contribution is 2.31. The van der Waals surface area contributed by atoms with Gasteiger partial charge in [0.1, 0.15) is 0 Å². The molecule has 0 heterocycles. The Morgan fingerprint density at radius 2 is 2.00 bits per heavy atom. The van der Waals surface area contributed by atoms with E-state index in [0.29, 0.717) is 23.7 Å². The average Bonchev–Trinajstić information content (AvgIpc) is 2.53. The minimum atomic E-state index is -0.457. The molecule has 5 nitrogen and oxygen atoms in total. The highest BCUT2D eigenvalue weighted by molar-refractivity contribution is 6.33. The fourth-order valence-electron chi connectivity index (χ4n) is 2.55. The number of aliphatic hydroxyl groups excluding tert-OH is 1. The number of nitro benzene ring substituents is 1. The Bertz CT molecular complexity index is 654. The zero-order chi connectivity index (χ0) is 16.8. The Balaban J connectivity index is 2.16. The molecule has 0 aliphatic heterocycles. The van der Waals surface area contributed by atoms with Gasteiger partial charge in [-0.3, -0.25) is 10.1 Å². The topological polar surface area (TPSA) is 75.4 Å². The van der Waals surface area contributed by atoms with Gasteiger partial charge < -0.3 is 10.4 Å². The lowest BCUT2D eigenvalue weighted by Gasteiger charge is -2.19. The van der Waals surface area contributed by atoms with Crippen molar-refractivity contribution in [2.24, 2.45) is 0 Å². The van der Waals surface area contributed by atoms with Gasteiger partial charge in [0.05, 0.1) is 15.6 Å². The lowest BCUT2D eigenvalue weighted by atomic mass is 9.96. The Morgan fingerprint density at radius 1 is 1.30 bits per heavy atom. The van der Waals surface area contributed by atoms with E-state index in [0.717, 1.165) is 11.1 Å². The molecule has 0 aliphatic carbocycles. The molecule has 2 N–H and O–H groups in total. The molecule has 0 fully saturated rings. The van der Waals surface area contributed by atoms with E-state index in [1.807, 2.05) is 30.3 Å². The minimum absolute atomic E-state index is 0.0204. The van der Waals surface area contributed by atoms with Crippen LogP contribution in [0.2, 0.25) is 5.02 Å². The molecule has 0 aliphatic rings. The quantitative estimate of drug-likeness (QED) is 0.589. The number of aliphatic hydroxyl groups is 1. The number of hydrogen-bond acceptors (Lipinski definition) is 4. The summed E-state index contributed by atoms with van der Waals surface area (Å²) >= 11 is 6.17. The molecule has 6 heteroatoms. The first-order valence-corrected chi connectivity index (χ1v) is 7.75. The van der Waals surface area contributed by atoms with Crippen molar-refractivity contribution in [2.45, 2.75) is 19.3 Å². The normalized spacial score (nSPS) is 12.0. The molecular weight excluding hydrogens is 316 g/mol. The zero-order valence-electron chi connectivity index (χ0n) is 12.8. The summed E-state index contributed by atoms with van der Waals surface area (Å²) in [5.41, 5.74) is 2.52. The molecule has 0 saturated heterocycles. The molecule has 0 bridgehead atoms. The van der Waals surface area contributed by atoms with Crippen molar-refractivity contribution in [2.75, 3.05) is 18.5 Å². The molecular formula is C17H19ClN2O3. The van der Waals surface area contributed by atoms with Crippen LogP contribution in [-0.4, -0.2) is 23.2 Å². The van der Waals surface area contributed by atoms with E-state index in [-0.39, 0.29) is 18.2 Å². The lowest BCUT2D eigenvalue weighted by molar-refractivity contribution is -0.384. The van der Waals surface area contributed by atoms with Crippen LogP contribution in [0.4, 0.5) is 11.4 Å². The predicted molar refractivity (Wildman–Crippen MR) is 92.2 cm³/mol. The summed E-state index contributed by atoms with van der Waals surface area (Å²) < 4.78 is 0. The van der Waals surface area contributed by atoms with Gasteiger partial charge in [-0.05, 0) is 24.5 Å². The summed E-state index contributed by atoms with van der Waals surface area (Å²) in [6, 6.07) is 12.8. The molecule has 1 atom stereocenters. The van der Waals surface area contributed by atoms with Gasteiger partial charge in [-0.2, -0.15) is 0 Å². The molecule has 0 aromatic heterocycles. The number of rotatable bonds is 7. The van der Waals surface area contributed by atoms with Crippen LogP contribution in [0.1, 0.15) is 23.5 Å². The second kappa shape index (κ2) is 7.94. The third-order valence-corrected chi connectivity index (χ3v) is 4.05. The summed E-state index contributed by atoms with van der Waals surface area (Å²) in [5.74, 6) is 0.131. The van der Waals surface area contributed by atoms with Crippen molar-refractivity contribution in [3.8, 4) is 0 Å². The highest BCUT2D eigenvalue weighted by atomic mass is 35.5. The van der Waals surface area contributed by atoms with E-state index in [9.17, 15) is 15.2 Å². The monoisotopic (exact) mass is 334 g/mol. The van der Waals surface area contributed by atoms with Gasteiger partial charge in [-0.25, -0.2) is 0 Å². The number of benzene rings is 2. The molecule has 0 radical (unpaired) electrons. The van der Waals surface area contributed by atoms with E-state index >= 15 is 0 Å². The summed E-state index contributed by atoms with van der Waals surface area (Å²) in [4.78, 5) is 10.4. The number of aryl methyl sites for hydroxylation is 1. The first-order valence-electron chi connectivity index (χ1n) is 7.37. The molecule has 0 saturated carbocycles. The maximum Gasteiger partial charge on any atom is 0.271 e. The van der Waals surface area contributed by atoms with Gasteiger partial charge in [0.15, 0.2) is 0 Å². The number of nitro groups is 1. The number of nitrogens with zero attached hydrogens (tertiary/aromatic N) is 1. The fraction of sp³-hybridized carbons (Fsp3) is 0.294. The average molecular weight is 335 g/mol. The van der Waals surface area contributed by atoms with Crippen molar-refractivity contribution in [3.05, 3.63) is 68.7 Å². The van der Waals surface area contributed by atoms with Crippen LogP contribution in [0.15, 0.2) is 42.5 Å². The molecule has 23 heavy (non-hydrogen) atoms. The third kappa shape index (κ3) is 4.43. The van der Waals surface area contributed by atoms with Crippen molar-refractivity contribution in [1.82, 2.24) is 0 Å². The number of nitrogens with one attached hydrogen (secondary N) is 1. The second-order valence-electron chi connectivity index (χ2n) is 5.38. The first-order chi connectivity index (χ1) is 11.0. The Kier molecular flexibility index (Phi) is 5.96. The van der Waals surface area contributed by atoms with E-state index in [4.69, 9.17) is 11.6 Å².